The Morgan fingerprint density at radius 2 is 1.90 bits per heavy atom. The van der Waals surface area contributed by atoms with Crippen LogP contribution in [0.5, 0.6) is 5.75 Å². The quantitative estimate of drug-likeness (QED) is 0.511. The van der Waals surface area contributed by atoms with E-state index in [1.807, 2.05) is 0 Å². The minimum Gasteiger partial charge on any atom is -0.484 e. The Bertz CT molecular complexity index is 911. The van der Waals surface area contributed by atoms with Gasteiger partial charge >= 0.3 is 5.97 Å². The van der Waals surface area contributed by atoms with Gasteiger partial charge < -0.3 is 14.2 Å². The zero-order chi connectivity index (χ0) is 21.7. The molecule has 4 unspecified atom stereocenters. The molecule has 30 heavy (non-hydrogen) atoms. The minimum atomic E-state index is -4.23. The molecule has 1 saturated carbocycles. The molecule has 166 valence electrons. The monoisotopic (exact) mass is 442 g/mol. The average Bonchev–Trinajstić information content (AvgIpc) is 3.34. The van der Waals surface area contributed by atoms with Gasteiger partial charge in [0.05, 0.1) is 17.8 Å². The molecule has 0 radical (unpaired) electrons. The van der Waals surface area contributed by atoms with E-state index in [1.54, 1.807) is 0 Å². The van der Waals surface area contributed by atoms with Crippen LogP contribution in [0.4, 0.5) is 4.39 Å². The summed E-state index contributed by atoms with van der Waals surface area (Å²) in [6.45, 7) is 3.64. The van der Waals surface area contributed by atoms with Crippen molar-refractivity contribution < 1.29 is 36.4 Å². The lowest BCUT2D eigenvalue weighted by molar-refractivity contribution is -0.00894. The maximum Gasteiger partial charge on any atom is 0.338 e. The fourth-order valence-electron chi connectivity index (χ4n) is 5.24. The molecule has 2 aliphatic heterocycles. The van der Waals surface area contributed by atoms with E-state index in [2.05, 4.69) is 13.8 Å². The van der Waals surface area contributed by atoms with E-state index in [1.165, 1.54) is 12.1 Å². The number of carbonyl (C=O) groups is 1. The van der Waals surface area contributed by atoms with Gasteiger partial charge in [0.1, 0.15) is 18.0 Å². The normalized spacial score (nSPS) is 32.4. The van der Waals surface area contributed by atoms with Crippen LogP contribution in [0.15, 0.2) is 18.2 Å². The predicted octanol–water partition coefficient (Wildman–Crippen LogP) is 3.23. The van der Waals surface area contributed by atoms with Gasteiger partial charge in [0.15, 0.2) is 11.6 Å². The second-order valence-electron chi connectivity index (χ2n) is 8.91. The van der Waals surface area contributed by atoms with Crippen LogP contribution in [0.1, 0.15) is 49.9 Å². The van der Waals surface area contributed by atoms with E-state index in [0.29, 0.717) is 11.8 Å². The van der Waals surface area contributed by atoms with Crippen molar-refractivity contribution in [3.05, 3.63) is 29.6 Å². The molecule has 4 atom stereocenters. The standard InChI is InChI=1S/C21H27FO7S/c1-12(2)21(10-14-15(11-21)18-6-5-17(14)28-18)29-19-9-13(3-4-16(19)22)20(23)27-7-8-30(24,25)26/h3-4,9,12,14-15,17-18H,5-8,10-11H2,1-2H3,(H,24,25,26). The highest BCUT2D eigenvalue weighted by Crippen LogP contribution is 2.57. The van der Waals surface area contributed by atoms with Crippen molar-refractivity contribution in [1.82, 2.24) is 0 Å². The fourth-order valence-corrected chi connectivity index (χ4v) is 5.53. The summed E-state index contributed by atoms with van der Waals surface area (Å²) in [7, 11) is -4.23. The molecule has 0 spiro atoms. The maximum absolute atomic E-state index is 14.6. The van der Waals surface area contributed by atoms with Gasteiger partial charge in [-0.15, -0.1) is 0 Å². The summed E-state index contributed by atoms with van der Waals surface area (Å²) < 4.78 is 62.0. The summed E-state index contributed by atoms with van der Waals surface area (Å²) in [5.74, 6) is -1.11. The molecule has 2 saturated heterocycles. The van der Waals surface area contributed by atoms with Crippen molar-refractivity contribution in [3.63, 3.8) is 0 Å². The molecule has 7 nitrogen and oxygen atoms in total. The number of fused-ring (bicyclic) bond motifs is 5. The summed E-state index contributed by atoms with van der Waals surface area (Å²) in [6.07, 6.45) is 4.24. The fraction of sp³-hybridized carbons (Fsp3) is 0.667. The van der Waals surface area contributed by atoms with Crippen LogP contribution < -0.4 is 4.74 Å². The molecular formula is C21H27FO7S. The Balaban J connectivity index is 1.50. The van der Waals surface area contributed by atoms with E-state index in [9.17, 15) is 17.6 Å². The second kappa shape index (κ2) is 7.76. The first-order valence-electron chi connectivity index (χ1n) is 10.3. The number of hydrogen-bond donors (Lipinski definition) is 1. The molecule has 1 aromatic carbocycles. The van der Waals surface area contributed by atoms with Gasteiger partial charge in [-0.05, 0) is 61.6 Å². The zero-order valence-electron chi connectivity index (χ0n) is 17.0. The molecule has 2 bridgehead atoms. The highest BCUT2D eigenvalue weighted by molar-refractivity contribution is 7.85. The summed E-state index contributed by atoms with van der Waals surface area (Å²) >= 11 is 0. The zero-order valence-corrected chi connectivity index (χ0v) is 17.9. The molecule has 0 aromatic heterocycles. The van der Waals surface area contributed by atoms with Crippen LogP contribution >= 0.6 is 0 Å². The van der Waals surface area contributed by atoms with Crippen LogP contribution in [-0.4, -0.2) is 49.1 Å². The van der Waals surface area contributed by atoms with E-state index in [0.717, 1.165) is 31.7 Å². The third kappa shape index (κ3) is 4.07. The third-order valence-electron chi connectivity index (χ3n) is 6.86. The maximum atomic E-state index is 14.6. The first-order chi connectivity index (χ1) is 14.1. The Kier molecular flexibility index (Phi) is 5.57. The molecule has 0 amide bonds. The average molecular weight is 443 g/mol. The molecule has 9 heteroatoms. The number of rotatable bonds is 7. The second-order valence-corrected chi connectivity index (χ2v) is 10.5. The molecule has 4 rings (SSSR count). The lowest BCUT2D eigenvalue weighted by atomic mass is 9.82. The third-order valence-corrected chi connectivity index (χ3v) is 7.54. The molecule has 1 aromatic rings. The molecule has 3 aliphatic rings. The minimum absolute atomic E-state index is 0.0128. The Hall–Kier alpha value is -1.71. The van der Waals surface area contributed by atoms with E-state index < -0.39 is 39.9 Å². The van der Waals surface area contributed by atoms with Crippen LogP contribution in [0, 0.1) is 23.6 Å². The molecule has 1 N–H and O–H groups in total. The first kappa shape index (κ1) is 21.5. The van der Waals surface area contributed by atoms with Gasteiger partial charge in [-0.25, -0.2) is 9.18 Å². The summed E-state index contributed by atoms with van der Waals surface area (Å²) in [5.41, 5.74) is -0.476. The van der Waals surface area contributed by atoms with Crippen molar-refractivity contribution in [1.29, 1.82) is 0 Å². The number of hydrogen-bond acceptors (Lipinski definition) is 6. The summed E-state index contributed by atoms with van der Waals surface area (Å²) in [4.78, 5) is 12.2. The van der Waals surface area contributed by atoms with E-state index in [4.69, 9.17) is 18.8 Å². The predicted molar refractivity (Wildman–Crippen MR) is 105 cm³/mol. The largest absolute Gasteiger partial charge is 0.484 e. The number of ether oxygens (including phenoxy) is 3. The van der Waals surface area contributed by atoms with E-state index in [-0.39, 0.29) is 29.4 Å². The van der Waals surface area contributed by atoms with Gasteiger partial charge in [-0.3, -0.25) is 4.55 Å². The van der Waals surface area contributed by atoms with Crippen LogP contribution in [0.2, 0.25) is 0 Å². The molecular weight excluding hydrogens is 415 g/mol. The topological polar surface area (TPSA) is 99.1 Å². The summed E-state index contributed by atoms with van der Waals surface area (Å²) in [5, 5.41) is 0. The van der Waals surface area contributed by atoms with Crippen molar-refractivity contribution >= 4 is 16.1 Å². The lowest BCUT2D eigenvalue weighted by Crippen LogP contribution is -2.40. The number of esters is 1. The number of carbonyl (C=O) groups excluding carboxylic acids is 1. The van der Waals surface area contributed by atoms with Crippen LogP contribution in [0.25, 0.3) is 0 Å². The Morgan fingerprint density at radius 1 is 1.27 bits per heavy atom. The highest BCUT2D eigenvalue weighted by Gasteiger charge is 2.60. The number of halogens is 1. The molecule has 3 fully saturated rings. The van der Waals surface area contributed by atoms with Gasteiger partial charge in [-0.2, -0.15) is 8.42 Å². The van der Waals surface area contributed by atoms with Gasteiger partial charge in [0, 0.05) is 0 Å². The van der Waals surface area contributed by atoms with Crippen molar-refractivity contribution in [2.75, 3.05) is 12.4 Å². The van der Waals surface area contributed by atoms with Gasteiger partial charge in [0.2, 0.25) is 0 Å². The lowest BCUT2D eigenvalue weighted by Gasteiger charge is -2.36. The van der Waals surface area contributed by atoms with Gasteiger partial charge in [-0.1, -0.05) is 13.8 Å². The number of benzene rings is 1. The van der Waals surface area contributed by atoms with Gasteiger partial charge in [0.25, 0.3) is 10.1 Å². The Morgan fingerprint density at radius 3 is 2.47 bits per heavy atom. The van der Waals surface area contributed by atoms with Crippen molar-refractivity contribution in [3.8, 4) is 5.75 Å². The smallest absolute Gasteiger partial charge is 0.338 e. The summed E-state index contributed by atoms with van der Waals surface area (Å²) in [6, 6.07) is 3.71. The van der Waals surface area contributed by atoms with E-state index >= 15 is 0 Å². The highest BCUT2D eigenvalue weighted by atomic mass is 32.2. The SMILES string of the molecule is CC(C)C1(Oc2cc(C(=O)OCCS(=O)(=O)O)ccc2F)CC2C3CCC(O3)C2C1. The van der Waals surface area contributed by atoms with Crippen molar-refractivity contribution in [2.45, 2.75) is 57.3 Å². The van der Waals surface area contributed by atoms with Crippen LogP contribution in [0.3, 0.4) is 0 Å². The Labute approximate surface area is 175 Å². The first-order valence-corrected chi connectivity index (χ1v) is 12.0. The molecule has 1 aliphatic carbocycles. The van der Waals surface area contributed by atoms with Crippen molar-refractivity contribution in [2.24, 2.45) is 17.8 Å². The van der Waals surface area contributed by atoms with Crippen LogP contribution in [-0.2, 0) is 19.6 Å². The molecule has 2 heterocycles.